The van der Waals surface area contributed by atoms with Crippen molar-refractivity contribution in [3.05, 3.63) is 4.91 Å². The van der Waals surface area contributed by atoms with Gasteiger partial charge in [-0.1, -0.05) is 0 Å². The van der Waals surface area contributed by atoms with Crippen molar-refractivity contribution >= 4 is 0 Å². The molecule has 0 aliphatic heterocycles. The van der Waals surface area contributed by atoms with Gasteiger partial charge in [-0.25, -0.2) is 10.4 Å². The maximum atomic E-state index is 8.47. The summed E-state index contributed by atoms with van der Waals surface area (Å²) in [6.45, 7) is 0. The van der Waals surface area contributed by atoms with Crippen molar-refractivity contribution in [3.63, 3.8) is 0 Å². The molecule has 0 unspecified atom stereocenters. The molecule has 2 N–H and O–H groups in total. The molecule has 0 rings (SSSR count). The third-order valence-corrected chi connectivity index (χ3v) is 0. The molecule has 0 aromatic heterocycles. The Kier molecular flexibility index (Phi) is 7.28. The number of rotatable bonds is 0. The van der Waals surface area contributed by atoms with E-state index in [9.17, 15) is 0 Å². The van der Waals surface area contributed by atoms with Crippen LogP contribution >= 0.6 is 0 Å². The van der Waals surface area contributed by atoms with Gasteiger partial charge < -0.3 is 0 Å². The average molecular weight is 155 g/mol. The summed E-state index contributed by atoms with van der Waals surface area (Å²) in [5.74, 6) is 0. The Morgan fingerprint density at radius 2 is 1.40 bits per heavy atom. The molecule has 5 heteroatoms. The molecule has 0 aliphatic carbocycles. The normalized spacial score (nSPS) is 4.80. The first-order valence-electron chi connectivity index (χ1n) is 0.583. The van der Waals surface area contributed by atoms with Crippen LogP contribution in [0.5, 0.6) is 0 Å². The SMILES string of the molecule is O=[N+](O)O.[Zr]. The van der Waals surface area contributed by atoms with Crippen LogP contribution in [0.4, 0.5) is 0 Å². The third kappa shape index (κ3) is 2560. The molecular weight excluding hydrogens is 153 g/mol. The zero-order valence-corrected chi connectivity index (χ0v) is 4.71. The predicted octanol–water partition coefficient (Wildman–Crippen LogP) is -0.459. The van der Waals surface area contributed by atoms with Crippen molar-refractivity contribution < 1.29 is 41.7 Å². The molecule has 0 saturated carbocycles. The molecule has 0 saturated heterocycles. The fourth-order valence-electron chi connectivity index (χ4n) is 0. The Morgan fingerprint density at radius 1 is 1.40 bits per heavy atom. The minimum atomic E-state index is -1.25. The van der Waals surface area contributed by atoms with Gasteiger partial charge in [0.25, 0.3) is 0 Å². The van der Waals surface area contributed by atoms with Crippen LogP contribution in [0, 0.1) is 4.91 Å². The van der Waals surface area contributed by atoms with E-state index < -0.39 is 5.09 Å². The van der Waals surface area contributed by atoms with E-state index in [4.69, 9.17) is 15.3 Å². The fraction of sp³-hybridized carbons (Fsp3) is 0. The minimum absolute atomic E-state index is 0. The van der Waals surface area contributed by atoms with Gasteiger partial charge in [-0.05, 0) is 0 Å². The number of hydrogen-bond donors (Lipinski definition) is 2. The summed E-state index contributed by atoms with van der Waals surface area (Å²) >= 11 is 0. The molecule has 0 amide bonds. The van der Waals surface area contributed by atoms with Crippen LogP contribution in [0.2, 0.25) is 0 Å². The van der Waals surface area contributed by atoms with Gasteiger partial charge in [-0.2, -0.15) is 0 Å². The minimum Gasteiger partial charge on any atom is -0.201 e. The van der Waals surface area contributed by atoms with Gasteiger partial charge in [0, 0.05) is 26.2 Å². The standard InChI is InChI=1S/H2NO3.Zr/c2-1(3)4;/h(H2,2,3,4);/q+1;. The van der Waals surface area contributed by atoms with Crippen molar-refractivity contribution in [2.45, 2.75) is 0 Å². The Morgan fingerprint density at radius 3 is 1.40 bits per heavy atom. The molecule has 0 spiro atoms. The van der Waals surface area contributed by atoms with Crippen LogP contribution < -0.4 is 0 Å². The zero-order valence-electron chi connectivity index (χ0n) is 2.25. The predicted molar refractivity (Wildman–Crippen MR) is 7.20 cm³/mol. The summed E-state index contributed by atoms with van der Waals surface area (Å²) in [5, 5.41) is 12.5. The Bertz CT molecular complexity index is 29.9. The second kappa shape index (κ2) is 4.08. The van der Waals surface area contributed by atoms with E-state index in [0.717, 1.165) is 0 Å². The van der Waals surface area contributed by atoms with E-state index in [0.29, 0.717) is 0 Å². The molecule has 0 heterocycles. The Balaban J connectivity index is 0. The second-order valence-corrected chi connectivity index (χ2v) is 0.253. The quantitative estimate of drug-likeness (QED) is 0.465. The molecule has 0 aromatic rings. The molecule has 5 heavy (non-hydrogen) atoms. The summed E-state index contributed by atoms with van der Waals surface area (Å²) in [5.41, 5.74) is 0. The van der Waals surface area contributed by atoms with Crippen molar-refractivity contribution in [3.8, 4) is 0 Å². The van der Waals surface area contributed by atoms with E-state index in [1.807, 2.05) is 0 Å². The second-order valence-electron chi connectivity index (χ2n) is 0.253. The van der Waals surface area contributed by atoms with Crippen LogP contribution in [-0.4, -0.2) is 15.5 Å². The monoisotopic (exact) mass is 154 g/mol. The molecule has 0 aliphatic rings. The first kappa shape index (κ1) is 8.92. The molecule has 4 nitrogen and oxygen atoms in total. The van der Waals surface area contributed by atoms with Crippen LogP contribution in [0.1, 0.15) is 0 Å². The van der Waals surface area contributed by atoms with E-state index in [1.54, 1.807) is 0 Å². The van der Waals surface area contributed by atoms with Crippen LogP contribution in [0.15, 0.2) is 0 Å². The van der Waals surface area contributed by atoms with Crippen LogP contribution in [-0.2, 0) is 26.2 Å². The molecule has 0 atom stereocenters. The first-order valence-corrected chi connectivity index (χ1v) is 0.583. The number of hydrogen-bond acceptors (Lipinski definition) is 1. The molecule has 0 bridgehead atoms. The van der Waals surface area contributed by atoms with Crippen molar-refractivity contribution in [1.29, 1.82) is 0 Å². The summed E-state index contributed by atoms with van der Waals surface area (Å²) in [6.07, 6.45) is 0. The van der Waals surface area contributed by atoms with Gasteiger partial charge in [0.05, 0.1) is 0 Å². The van der Waals surface area contributed by atoms with E-state index in [1.165, 1.54) is 0 Å². The van der Waals surface area contributed by atoms with E-state index >= 15 is 0 Å². The average Bonchev–Trinajstić information content (AvgIpc) is 0.811. The molecule has 28 valence electrons. The largest absolute Gasteiger partial charge is 0.472 e. The van der Waals surface area contributed by atoms with Gasteiger partial charge in [0.2, 0.25) is 0 Å². The molecule has 0 fully saturated rings. The number of nitrogens with zero attached hydrogens (tertiary/aromatic N) is 1. The third-order valence-electron chi connectivity index (χ3n) is 0. The van der Waals surface area contributed by atoms with E-state index in [2.05, 4.69) is 0 Å². The van der Waals surface area contributed by atoms with Crippen molar-refractivity contribution in [1.82, 2.24) is 0 Å². The fourth-order valence-corrected chi connectivity index (χ4v) is 0. The summed E-state index contributed by atoms with van der Waals surface area (Å²) < 4.78 is 0. The summed E-state index contributed by atoms with van der Waals surface area (Å²) in [7, 11) is 0. The van der Waals surface area contributed by atoms with E-state index in [-0.39, 0.29) is 26.2 Å². The van der Waals surface area contributed by atoms with Crippen LogP contribution in [0.25, 0.3) is 0 Å². The smallest absolute Gasteiger partial charge is 0.201 e. The van der Waals surface area contributed by atoms with Crippen molar-refractivity contribution in [2.24, 2.45) is 0 Å². The van der Waals surface area contributed by atoms with Gasteiger partial charge in [0.15, 0.2) is 0 Å². The first-order chi connectivity index (χ1) is 1.73. The zero-order chi connectivity index (χ0) is 3.58. The summed E-state index contributed by atoms with van der Waals surface area (Å²) in [4.78, 5) is 8.47. The van der Waals surface area contributed by atoms with Gasteiger partial charge in [-0.3, -0.25) is 0 Å². The Labute approximate surface area is 47.0 Å². The molecular formula is H2NO3Zr+. The molecule has 0 radical (unpaired) electrons. The van der Waals surface area contributed by atoms with Gasteiger partial charge in [0.1, 0.15) is 4.91 Å². The maximum absolute atomic E-state index is 8.47. The van der Waals surface area contributed by atoms with Crippen molar-refractivity contribution in [2.75, 3.05) is 0 Å². The Hall–Kier alpha value is 0.0831. The maximum Gasteiger partial charge on any atom is 0.472 e. The molecule has 0 aromatic carbocycles. The van der Waals surface area contributed by atoms with Gasteiger partial charge >= 0.3 is 5.09 Å². The van der Waals surface area contributed by atoms with Crippen LogP contribution in [0.3, 0.4) is 0 Å². The summed E-state index contributed by atoms with van der Waals surface area (Å²) in [6, 6.07) is 0. The van der Waals surface area contributed by atoms with Gasteiger partial charge in [-0.15, -0.1) is 0 Å². The topological polar surface area (TPSA) is 60.5 Å².